The summed E-state index contributed by atoms with van der Waals surface area (Å²) in [4.78, 5) is 14.9. The van der Waals surface area contributed by atoms with Crippen LogP contribution in [0.25, 0.3) is 22.0 Å². The molecule has 2 N–H and O–H groups in total. The van der Waals surface area contributed by atoms with Crippen molar-refractivity contribution in [3.05, 3.63) is 81.7 Å². The van der Waals surface area contributed by atoms with Crippen molar-refractivity contribution in [3.8, 4) is 17.0 Å². The zero-order valence-electron chi connectivity index (χ0n) is 14.4. The Kier molecular flexibility index (Phi) is 4.69. The minimum Gasteiger partial charge on any atom is -0.507 e. The van der Waals surface area contributed by atoms with Gasteiger partial charge in [0.15, 0.2) is 0 Å². The number of aromatic nitrogens is 1. The van der Waals surface area contributed by atoms with E-state index in [1.807, 2.05) is 30.3 Å². The zero-order valence-corrected chi connectivity index (χ0v) is 15.3. The molecule has 8 heteroatoms. The lowest BCUT2D eigenvalue weighted by atomic mass is 10.0. The summed E-state index contributed by atoms with van der Waals surface area (Å²) < 4.78 is 0. The average Bonchev–Trinajstić information content (AvgIpc) is 3.19. The average molecular weight is 390 g/mol. The zero-order chi connectivity index (χ0) is 19.5. The first-order valence-corrected chi connectivity index (χ1v) is 9.20. The minimum absolute atomic E-state index is 0.0180. The van der Waals surface area contributed by atoms with E-state index in [2.05, 4.69) is 15.5 Å². The molecule has 0 aliphatic carbocycles. The van der Waals surface area contributed by atoms with Gasteiger partial charge in [-0.05, 0) is 16.8 Å². The summed E-state index contributed by atoms with van der Waals surface area (Å²) in [6.45, 7) is 0. The number of nitrogens with zero attached hydrogens (tertiary/aromatic N) is 3. The predicted octanol–water partition coefficient (Wildman–Crippen LogP) is 5.02. The highest BCUT2D eigenvalue weighted by atomic mass is 32.1. The molecule has 0 unspecified atom stereocenters. The quantitative estimate of drug-likeness (QED) is 0.283. The fraction of sp³-hybridized carbons (Fsp3) is 0. The number of anilines is 1. The van der Waals surface area contributed by atoms with Crippen LogP contribution in [-0.4, -0.2) is 21.2 Å². The number of non-ortho nitro benzene ring substituents is 1. The van der Waals surface area contributed by atoms with Crippen LogP contribution in [-0.2, 0) is 0 Å². The molecule has 28 heavy (non-hydrogen) atoms. The molecule has 0 bridgehead atoms. The second kappa shape index (κ2) is 7.45. The first kappa shape index (κ1) is 17.6. The van der Waals surface area contributed by atoms with Gasteiger partial charge in [-0.1, -0.05) is 42.5 Å². The highest BCUT2D eigenvalue weighted by Gasteiger charge is 2.10. The number of nitro groups is 1. The van der Waals surface area contributed by atoms with Crippen LogP contribution in [0.3, 0.4) is 0 Å². The maximum absolute atomic E-state index is 10.9. The number of nitro benzene ring substituents is 1. The summed E-state index contributed by atoms with van der Waals surface area (Å²) in [5.74, 6) is 0.140. The molecule has 0 aliphatic rings. The van der Waals surface area contributed by atoms with Gasteiger partial charge in [0.2, 0.25) is 5.13 Å². The van der Waals surface area contributed by atoms with Gasteiger partial charge in [0, 0.05) is 28.6 Å². The van der Waals surface area contributed by atoms with Gasteiger partial charge in [-0.2, -0.15) is 5.10 Å². The molecular weight excluding hydrogens is 376 g/mol. The molecule has 0 radical (unpaired) electrons. The topological polar surface area (TPSA) is 101 Å². The van der Waals surface area contributed by atoms with Crippen LogP contribution in [0.5, 0.6) is 5.75 Å². The van der Waals surface area contributed by atoms with E-state index in [0.717, 1.165) is 10.8 Å². The van der Waals surface area contributed by atoms with Gasteiger partial charge in [-0.15, -0.1) is 11.3 Å². The van der Waals surface area contributed by atoms with Crippen molar-refractivity contribution in [1.29, 1.82) is 0 Å². The van der Waals surface area contributed by atoms with E-state index in [1.54, 1.807) is 29.8 Å². The fourth-order valence-corrected chi connectivity index (χ4v) is 3.48. The fourth-order valence-electron chi connectivity index (χ4n) is 2.81. The molecule has 4 rings (SSSR count). The summed E-state index contributed by atoms with van der Waals surface area (Å²) in [5.41, 5.74) is 4.76. The van der Waals surface area contributed by atoms with E-state index in [-0.39, 0.29) is 11.4 Å². The van der Waals surface area contributed by atoms with Crippen LogP contribution >= 0.6 is 11.3 Å². The molecule has 0 atom stereocenters. The van der Waals surface area contributed by atoms with Crippen LogP contribution in [0.2, 0.25) is 0 Å². The molecule has 1 aromatic heterocycles. The van der Waals surface area contributed by atoms with Crippen LogP contribution < -0.4 is 5.43 Å². The summed E-state index contributed by atoms with van der Waals surface area (Å²) in [6, 6.07) is 17.5. The number of rotatable bonds is 5. The summed E-state index contributed by atoms with van der Waals surface area (Å²) in [6.07, 6.45) is 1.55. The van der Waals surface area contributed by atoms with E-state index in [4.69, 9.17) is 0 Å². The lowest BCUT2D eigenvalue weighted by Crippen LogP contribution is -1.92. The number of benzene rings is 3. The SMILES string of the molecule is O=[N+]([O-])c1cccc(-c2csc(NN=Cc3c(O)ccc4ccccc34)n2)c1. The summed E-state index contributed by atoms with van der Waals surface area (Å²) in [5, 5.41) is 29.5. The van der Waals surface area contributed by atoms with Crippen molar-refractivity contribution >= 4 is 39.1 Å². The van der Waals surface area contributed by atoms with Crippen molar-refractivity contribution in [3.63, 3.8) is 0 Å². The Balaban J connectivity index is 1.55. The number of phenols is 1. The minimum atomic E-state index is -0.435. The first-order chi connectivity index (χ1) is 13.6. The van der Waals surface area contributed by atoms with Crippen LogP contribution in [0.1, 0.15) is 5.56 Å². The number of nitrogens with one attached hydrogen (secondary N) is 1. The third-order valence-electron chi connectivity index (χ3n) is 4.16. The van der Waals surface area contributed by atoms with E-state index in [9.17, 15) is 15.2 Å². The predicted molar refractivity (Wildman–Crippen MR) is 111 cm³/mol. The van der Waals surface area contributed by atoms with Gasteiger partial charge >= 0.3 is 0 Å². The van der Waals surface area contributed by atoms with Gasteiger partial charge in [-0.3, -0.25) is 15.5 Å². The number of fused-ring (bicyclic) bond motifs is 1. The molecule has 0 spiro atoms. The van der Waals surface area contributed by atoms with Crippen LogP contribution in [0.15, 0.2) is 71.1 Å². The van der Waals surface area contributed by atoms with Crippen molar-refractivity contribution in [2.75, 3.05) is 5.43 Å². The molecule has 7 nitrogen and oxygen atoms in total. The Morgan fingerprint density at radius 3 is 2.86 bits per heavy atom. The van der Waals surface area contributed by atoms with Crippen LogP contribution in [0, 0.1) is 10.1 Å². The molecule has 0 amide bonds. The van der Waals surface area contributed by atoms with Crippen LogP contribution in [0.4, 0.5) is 10.8 Å². The van der Waals surface area contributed by atoms with Crippen molar-refractivity contribution in [2.24, 2.45) is 5.10 Å². The second-order valence-electron chi connectivity index (χ2n) is 5.93. The monoisotopic (exact) mass is 390 g/mol. The third kappa shape index (κ3) is 3.53. The molecule has 0 fully saturated rings. The molecule has 0 aliphatic heterocycles. The molecule has 0 saturated carbocycles. The van der Waals surface area contributed by atoms with Gasteiger partial charge in [0.1, 0.15) is 5.75 Å². The maximum Gasteiger partial charge on any atom is 0.270 e. The van der Waals surface area contributed by atoms with Crippen molar-refractivity contribution < 1.29 is 10.0 Å². The third-order valence-corrected chi connectivity index (χ3v) is 4.91. The van der Waals surface area contributed by atoms with E-state index in [1.165, 1.54) is 23.5 Å². The number of thiazole rings is 1. The highest BCUT2D eigenvalue weighted by molar-refractivity contribution is 7.14. The smallest absolute Gasteiger partial charge is 0.270 e. The molecule has 4 aromatic rings. The number of aromatic hydroxyl groups is 1. The Bertz CT molecular complexity index is 1200. The number of hydrogen-bond donors (Lipinski definition) is 2. The van der Waals surface area contributed by atoms with Crippen molar-refractivity contribution in [2.45, 2.75) is 0 Å². The molecule has 0 saturated heterocycles. The second-order valence-corrected chi connectivity index (χ2v) is 6.79. The summed E-state index contributed by atoms with van der Waals surface area (Å²) in [7, 11) is 0. The number of hydrazone groups is 1. The van der Waals surface area contributed by atoms with Gasteiger partial charge in [-0.25, -0.2) is 4.98 Å². The standard InChI is InChI=1S/C20H14N4O3S/c25-19-9-8-13-4-1-2-7-16(13)17(19)11-21-23-20-22-18(12-28-20)14-5-3-6-15(10-14)24(26)27/h1-12,25H,(H,22,23). The lowest BCUT2D eigenvalue weighted by molar-refractivity contribution is -0.384. The first-order valence-electron chi connectivity index (χ1n) is 8.32. The molecule has 1 heterocycles. The largest absolute Gasteiger partial charge is 0.507 e. The van der Waals surface area contributed by atoms with E-state index >= 15 is 0 Å². The van der Waals surface area contributed by atoms with E-state index < -0.39 is 4.92 Å². The number of hydrogen-bond acceptors (Lipinski definition) is 7. The molecule has 3 aromatic carbocycles. The van der Waals surface area contributed by atoms with Gasteiger partial charge < -0.3 is 5.11 Å². The highest BCUT2D eigenvalue weighted by Crippen LogP contribution is 2.28. The van der Waals surface area contributed by atoms with Crippen molar-refractivity contribution in [1.82, 2.24) is 4.98 Å². The Labute approximate surface area is 163 Å². The Morgan fingerprint density at radius 1 is 1.14 bits per heavy atom. The Hall–Kier alpha value is -3.78. The lowest BCUT2D eigenvalue weighted by Gasteiger charge is -2.04. The Morgan fingerprint density at radius 2 is 2.00 bits per heavy atom. The number of phenolic OH excluding ortho intramolecular Hbond substituents is 1. The molecule has 138 valence electrons. The van der Waals surface area contributed by atoms with Gasteiger partial charge in [0.25, 0.3) is 5.69 Å². The summed E-state index contributed by atoms with van der Waals surface area (Å²) >= 11 is 1.33. The van der Waals surface area contributed by atoms with Gasteiger partial charge in [0.05, 0.1) is 16.8 Å². The normalized spacial score (nSPS) is 11.1. The molecular formula is C20H14N4O3S. The van der Waals surface area contributed by atoms with E-state index in [0.29, 0.717) is 22.0 Å². The maximum atomic E-state index is 10.9.